The van der Waals surface area contributed by atoms with Crippen LogP contribution in [0.5, 0.6) is 0 Å². The number of carbonyl (C=O) groups excluding carboxylic acids is 1. The highest BCUT2D eigenvalue weighted by Crippen LogP contribution is 2.28. The molecule has 1 aliphatic rings. The first-order valence-corrected chi connectivity index (χ1v) is 8.72. The molecular formula is C19H20Cl2N4O. The zero-order valence-electron chi connectivity index (χ0n) is 14.3. The monoisotopic (exact) mass is 390 g/mol. The first-order valence-electron chi connectivity index (χ1n) is 8.34. The Morgan fingerprint density at radius 2 is 2.15 bits per heavy atom. The van der Waals surface area contributed by atoms with Crippen molar-refractivity contribution in [2.45, 2.75) is 13.0 Å². The van der Waals surface area contributed by atoms with Gasteiger partial charge in [0.25, 0.3) is 5.91 Å². The van der Waals surface area contributed by atoms with Crippen molar-refractivity contribution in [1.29, 1.82) is 0 Å². The Kier molecular flexibility index (Phi) is 5.51. The molecule has 1 atom stereocenters. The fraction of sp³-hybridized carbons (Fsp3) is 0.263. The van der Waals surface area contributed by atoms with Gasteiger partial charge in [-0.1, -0.05) is 23.7 Å². The molecule has 2 N–H and O–H groups in total. The summed E-state index contributed by atoms with van der Waals surface area (Å²) in [6.07, 6.45) is 1.76. The van der Waals surface area contributed by atoms with Crippen LogP contribution in [0.2, 0.25) is 5.02 Å². The molecular weight excluding hydrogens is 371 g/mol. The van der Waals surface area contributed by atoms with Crippen molar-refractivity contribution in [3.63, 3.8) is 0 Å². The molecule has 4 rings (SSSR count). The third kappa shape index (κ3) is 3.43. The Balaban J connectivity index is 0.00000196. The van der Waals surface area contributed by atoms with E-state index in [1.54, 1.807) is 6.20 Å². The maximum atomic E-state index is 13.3. The normalized spacial score (nSPS) is 17.2. The number of carbonyl (C=O) groups is 1. The topological polar surface area (TPSA) is 61.0 Å². The van der Waals surface area contributed by atoms with Gasteiger partial charge in [-0.05, 0) is 42.3 Å². The van der Waals surface area contributed by atoms with Gasteiger partial charge in [0.1, 0.15) is 0 Å². The van der Waals surface area contributed by atoms with Crippen LogP contribution in [0, 0.1) is 6.92 Å². The number of fused-ring (bicyclic) bond motifs is 1. The standard InChI is InChI=1S/C19H19ClN4O.ClH/c1-12-7-14-10-22-23-18(14)16(8-12)19(25)24-6-5-21-11-17(24)13-3-2-4-15(20)9-13;/h2-4,7-10,17,21H,5-6,11H2,1H3,(H,22,23);1H. The van der Waals surface area contributed by atoms with Gasteiger partial charge in [-0.15, -0.1) is 12.4 Å². The van der Waals surface area contributed by atoms with Gasteiger partial charge in [-0.25, -0.2) is 0 Å². The van der Waals surface area contributed by atoms with Gasteiger partial charge in [-0.3, -0.25) is 9.89 Å². The lowest BCUT2D eigenvalue weighted by atomic mass is 10.0. The van der Waals surface area contributed by atoms with Crippen molar-refractivity contribution in [1.82, 2.24) is 20.4 Å². The van der Waals surface area contributed by atoms with Crippen LogP contribution in [-0.2, 0) is 0 Å². The molecule has 7 heteroatoms. The maximum Gasteiger partial charge on any atom is 0.256 e. The Morgan fingerprint density at radius 1 is 1.31 bits per heavy atom. The van der Waals surface area contributed by atoms with Crippen LogP contribution in [-0.4, -0.2) is 40.6 Å². The van der Waals surface area contributed by atoms with Gasteiger partial charge in [0.05, 0.1) is 23.3 Å². The van der Waals surface area contributed by atoms with Crippen molar-refractivity contribution in [2.24, 2.45) is 0 Å². The van der Waals surface area contributed by atoms with Gasteiger partial charge in [0.2, 0.25) is 0 Å². The largest absolute Gasteiger partial charge is 0.329 e. The van der Waals surface area contributed by atoms with Gasteiger partial charge in [-0.2, -0.15) is 5.10 Å². The molecule has 1 aliphatic heterocycles. The summed E-state index contributed by atoms with van der Waals surface area (Å²) < 4.78 is 0. The number of aryl methyl sites for hydroxylation is 1. The summed E-state index contributed by atoms with van der Waals surface area (Å²) in [5.74, 6) is 0.0180. The first kappa shape index (κ1) is 18.7. The summed E-state index contributed by atoms with van der Waals surface area (Å²) in [6, 6.07) is 11.6. The number of nitrogens with one attached hydrogen (secondary N) is 2. The van der Waals surface area contributed by atoms with Crippen molar-refractivity contribution < 1.29 is 4.79 Å². The molecule has 136 valence electrons. The summed E-state index contributed by atoms with van der Waals surface area (Å²) in [5, 5.41) is 12.1. The number of hydrogen-bond acceptors (Lipinski definition) is 3. The Hall–Kier alpha value is -2.08. The highest BCUT2D eigenvalue weighted by atomic mass is 35.5. The number of benzene rings is 2. The fourth-order valence-electron chi connectivity index (χ4n) is 3.49. The van der Waals surface area contributed by atoms with Crippen LogP contribution in [0.1, 0.15) is 27.5 Å². The SMILES string of the molecule is Cc1cc(C(=O)N2CCNCC2c2cccc(Cl)c2)c2[nH]ncc2c1.Cl. The van der Waals surface area contributed by atoms with Gasteiger partial charge >= 0.3 is 0 Å². The third-order valence-corrected chi connectivity index (χ3v) is 4.90. The summed E-state index contributed by atoms with van der Waals surface area (Å²) in [6.45, 7) is 4.14. The van der Waals surface area contributed by atoms with Crippen molar-refractivity contribution >= 4 is 40.8 Å². The average Bonchev–Trinajstić information content (AvgIpc) is 3.08. The Morgan fingerprint density at radius 3 is 2.96 bits per heavy atom. The molecule has 1 amide bonds. The lowest BCUT2D eigenvalue weighted by Gasteiger charge is -2.36. The molecule has 2 heterocycles. The first-order chi connectivity index (χ1) is 12.1. The number of hydrogen-bond donors (Lipinski definition) is 2. The van der Waals surface area contributed by atoms with Crippen LogP contribution in [0.3, 0.4) is 0 Å². The summed E-state index contributed by atoms with van der Waals surface area (Å²) in [7, 11) is 0. The second kappa shape index (κ2) is 7.66. The quantitative estimate of drug-likeness (QED) is 0.700. The van der Waals surface area contributed by atoms with E-state index in [0.29, 0.717) is 23.7 Å². The van der Waals surface area contributed by atoms with Gasteiger partial charge < -0.3 is 10.2 Å². The zero-order valence-corrected chi connectivity index (χ0v) is 15.9. The molecule has 0 radical (unpaired) electrons. The molecule has 2 aromatic carbocycles. The van der Waals surface area contributed by atoms with Crippen LogP contribution < -0.4 is 5.32 Å². The fourth-order valence-corrected chi connectivity index (χ4v) is 3.69. The molecule has 1 unspecified atom stereocenters. The highest BCUT2D eigenvalue weighted by Gasteiger charge is 2.30. The third-order valence-electron chi connectivity index (χ3n) is 4.66. The number of H-pyrrole nitrogens is 1. The minimum absolute atomic E-state index is 0. The summed E-state index contributed by atoms with van der Waals surface area (Å²) in [4.78, 5) is 15.3. The van der Waals surface area contributed by atoms with Crippen LogP contribution in [0.25, 0.3) is 10.9 Å². The van der Waals surface area contributed by atoms with Crippen molar-refractivity contribution in [3.05, 3.63) is 64.3 Å². The van der Waals surface area contributed by atoms with Crippen LogP contribution in [0.4, 0.5) is 0 Å². The zero-order chi connectivity index (χ0) is 17.4. The number of amides is 1. The Labute approximate surface area is 163 Å². The predicted octanol–water partition coefficient (Wildman–Crippen LogP) is 3.73. The van der Waals surface area contributed by atoms with E-state index in [1.165, 1.54) is 0 Å². The molecule has 1 fully saturated rings. The molecule has 26 heavy (non-hydrogen) atoms. The number of rotatable bonds is 2. The van der Waals surface area contributed by atoms with E-state index in [9.17, 15) is 4.79 Å². The lowest BCUT2D eigenvalue weighted by molar-refractivity contribution is 0.0636. The molecule has 0 bridgehead atoms. The minimum Gasteiger partial charge on any atom is -0.329 e. The van der Waals surface area contributed by atoms with E-state index in [2.05, 4.69) is 15.5 Å². The lowest BCUT2D eigenvalue weighted by Crippen LogP contribution is -2.48. The average molecular weight is 391 g/mol. The van der Waals surface area contributed by atoms with Gasteiger partial charge in [0, 0.05) is 30.0 Å². The minimum atomic E-state index is -0.0431. The van der Waals surface area contributed by atoms with E-state index >= 15 is 0 Å². The number of aromatic nitrogens is 2. The molecule has 0 saturated carbocycles. The van der Waals surface area contributed by atoms with E-state index in [0.717, 1.165) is 28.6 Å². The highest BCUT2D eigenvalue weighted by molar-refractivity contribution is 6.30. The summed E-state index contributed by atoms with van der Waals surface area (Å²) in [5.41, 5.74) is 3.55. The van der Waals surface area contributed by atoms with E-state index in [4.69, 9.17) is 11.6 Å². The predicted molar refractivity (Wildman–Crippen MR) is 106 cm³/mol. The van der Waals surface area contributed by atoms with E-state index in [1.807, 2.05) is 48.2 Å². The second-order valence-corrected chi connectivity index (χ2v) is 6.86. The maximum absolute atomic E-state index is 13.3. The molecule has 3 aromatic rings. The van der Waals surface area contributed by atoms with E-state index in [-0.39, 0.29) is 24.4 Å². The van der Waals surface area contributed by atoms with Crippen LogP contribution >= 0.6 is 24.0 Å². The van der Waals surface area contributed by atoms with Crippen LogP contribution in [0.15, 0.2) is 42.6 Å². The molecule has 0 spiro atoms. The second-order valence-electron chi connectivity index (χ2n) is 6.42. The van der Waals surface area contributed by atoms with Crippen molar-refractivity contribution in [3.8, 4) is 0 Å². The smallest absolute Gasteiger partial charge is 0.256 e. The molecule has 1 aromatic heterocycles. The summed E-state index contributed by atoms with van der Waals surface area (Å²) >= 11 is 6.16. The van der Waals surface area contributed by atoms with Crippen molar-refractivity contribution in [2.75, 3.05) is 19.6 Å². The van der Waals surface area contributed by atoms with E-state index < -0.39 is 0 Å². The molecule has 0 aliphatic carbocycles. The molecule has 1 saturated heterocycles. The Bertz CT molecular complexity index is 940. The number of aromatic amines is 1. The number of piperazine rings is 1. The van der Waals surface area contributed by atoms with Gasteiger partial charge in [0.15, 0.2) is 0 Å². The number of halogens is 2. The molecule has 5 nitrogen and oxygen atoms in total. The number of nitrogens with zero attached hydrogens (tertiary/aromatic N) is 2.